The van der Waals surface area contributed by atoms with Crippen molar-refractivity contribution in [3.63, 3.8) is 0 Å². The molecule has 2 heterocycles. The van der Waals surface area contributed by atoms with Crippen LogP contribution in [0.25, 0.3) is 99.3 Å². The highest BCUT2D eigenvalue weighted by atomic mass is 15.0. The number of rotatable bonds is 5. The topological polar surface area (TPSA) is 43.6 Å². The van der Waals surface area contributed by atoms with Crippen molar-refractivity contribution in [2.24, 2.45) is 0 Å². The van der Waals surface area contributed by atoms with Gasteiger partial charge >= 0.3 is 0 Å². The summed E-state index contributed by atoms with van der Waals surface area (Å²) in [5.41, 5.74) is 11.6. The molecule has 0 spiro atoms. The van der Waals surface area contributed by atoms with E-state index in [-0.39, 0.29) is 5.41 Å². The lowest BCUT2D eigenvalue weighted by Gasteiger charge is -2.22. The van der Waals surface area contributed by atoms with E-state index in [4.69, 9.17) is 15.0 Å². The molecule has 0 unspecified atom stereocenters. The van der Waals surface area contributed by atoms with Crippen molar-refractivity contribution < 1.29 is 0 Å². The van der Waals surface area contributed by atoms with Gasteiger partial charge < -0.3 is 4.57 Å². The van der Waals surface area contributed by atoms with Gasteiger partial charge in [-0.05, 0) is 81.9 Å². The molecular weight excluding hydrogens is 705 g/mol. The lowest BCUT2D eigenvalue weighted by Crippen LogP contribution is -2.15. The minimum Gasteiger partial charge on any atom is -0.309 e. The maximum absolute atomic E-state index is 5.27. The molecule has 2 aromatic heterocycles. The van der Waals surface area contributed by atoms with Gasteiger partial charge in [-0.25, -0.2) is 15.0 Å². The molecule has 0 amide bonds. The number of hydrogen-bond acceptors (Lipinski definition) is 3. The smallest absolute Gasteiger partial charge is 0.164 e. The summed E-state index contributed by atoms with van der Waals surface area (Å²) in [7, 11) is 0. The first-order valence-electron chi connectivity index (χ1n) is 20.1. The average molecular weight is 745 g/mol. The fourth-order valence-corrected chi connectivity index (χ4v) is 9.64. The molecule has 0 atom stereocenters. The van der Waals surface area contributed by atoms with Gasteiger partial charge in [0.2, 0.25) is 0 Å². The minimum atomic E-state index is -0.137. The maximum atomic E-state index is 5.27. The molecule has 4 heteroatoms. The van der Waals surface area contributed by atoms with Crippen LogP contribution in [0.3, 0.4) is 0 Å². The van der Waals surface area contributed by atoms with Crippen LogP contribution in [0, 0.1) is 0 Å². The lowest BCUT2D eigenvalue weighted by atomic mass is 9.82. The van der Waals surface area contributed by atoms with Crippen molar-refractivity contribution in [2.75, 3.05) is 0 Å². The molecule has 0 saturated heterocycles. The van der Waals surface area contributed by atoms with Crippen molar-refractivity contribution in [3.05, 3.63) is 187 Å². The Labute approximate surface area is 337 Å². The van der Waals surface area contributed by atoms with Crippen molar-refractivity contribution in [3.8, 4) is 39.6 Å². The second kappa shape index (κ2) is 12.9. The minimum absolute atomic E-state index is 0.137. The summed E-state index contributed by atoms with van der Waals surface area (Å²) in [6.07, 6.45) is 6.17. The highest BCUT2D eigenvalue weighted by Gasteiger charge is 2.36. The summed E-state index contributed by atoms with van der Waals surface area (Å²) >= 11 is 0. The quantitative estimate of drug-likeness (QED) is 0.130. The molecular formula is C54H40N4. The van der Waals surface area contributed by atoms with Gasteiger partial charge in [-0.15, -0.1) is 0 Å². The van der Waals surface area contributed by atoms with Gasteiger partial charge in [-0.3, -0.25) is 0 Å². The second-order valence-corrected chi connectivity index (χ2v) is 15.8. The predicted molar refractivity (Wildman–Crippen MR) is 244 cm³/mol. The molecule has 0 bridgehead atoms. The summed E-state index contributed by atoms with van der Waals surface area (Å²) in [6, 6.07) is 55.1. The molecule has 8 aromatic carbocycles. The van der Waals surface area contributed by atoms with E-state index in [0.29, 0.717) is 17.5 Å². The average Bonchev–Trinajstić information content (AvgIpc) is 3.72. The molecule has 1 aliphatic carbocycles. The second-order valence-electron chi connectivity index (χ2n) is 15.8. The van der Waals surface area contributed by atoms with Crippen LogP contribution in [0.4, 0.5) is 0 Å². The Morgan fingerprint density at radius 3 is 1.91 bits per heavy atom. The zero-order valence-electron chi connectivity index (χ0n) is 33.0. The first-order valence-corrected chi connectivity index (χ1v) is 20.1. The van der Waals surface area contributed by atoms with Crippen LogP contribution in [0.1, 0.15) is 44.6 Å². The molecule has 1 aliphatic rings. The van der Waals surface area contributed by atoms with Gasteiger partial charge in [0.25, 0.3) is 0 Å². The first kappa shape index (κ1) is 34.1. The molecule has 0 saturated carbocycles. The maximum Gasteiger partial charge on any atom is 0.164 e. The number of nitrogens with zero attached hydrogens (tertiary/aromatic N) is 4. The van der Waals surface area contributed by atoms with Crippen molar-refractivity contribution in [2.45, 2.75) is 33.1 Å². The van der Waals surface area contributed by atoms with Gasteiger partial charge in [-0.2, -0.15) is 0 Å². The van der Waals surface area contributed by atoms with E-state index in [1.54, 1.807) is 0 Å². The summed E-state index contributed by atoms with van der Waals surface area (Å²) in [5, 5.41) is 9.54. The van der Waals surface area contributed by atoms with Crippen LogP contribution in [-0.4, -0.2) is 19.5 Å². The van der Waals surface area contributed by atoms with E-state index in [0.717, 1.165) is 33.2 Å². The van der Waals surface area contributed by atoms with E-state index in [2.05, 4.69) is 164 Å². The van der Waals surface area contributed by atoms with Crippen molar-refractivity contribution in [1.29, 1.82) is 0 Å². The molecule has 0 radical (unpaired) electrons. The van der Waals surface area contributed by atoms with E-state index in [1.807, 2.05) is 38.1 Å². The third kappa shape index (κ3) is 4.91. The zero-order chi connectivity index (χ0) is 39.1. The van der Waals surface area contributed by atoms with Gasteiger partial charge in [-0.1, -0.05) is 159 Å². The molecule has 58 heavy (non-hydrogen) atoms. The lowest BCUT2D eigenvalue weighted by molar-refractivity contribution is 0.661. The van der Waals surface area contributed by atoms with Crippen LogP contribution in [0.2, 0.25) is 0 Å². The standard InChI is InChI=1S/C54H40N4/c1-5-18-33(6-2)51-55-52(34-19-8-7-9-20-34)57-53(56-51)41-27-16-25-39-35-21-10-11-22-36(35)40-26-17-30-47(50(40)49(39)41)58-46-29-15-13-24-38(46)43-31-42-37-23-12-14-28-44(37)54(3,4)45(42)32-48(43)58/h5-32H,1-4H3/b18-5-,33-6+. The highest BCUT2D eigenvalue weighted by molar-refractivity contribution is 6.30. The van der Waals surface area contributed by atoms with E-state index in [9.17, 15) is 0 Å². The number of aromatic nitrogens is 4. The molecule has 0 fully saturated rings. The number of para-hydroxylation sites is 1. The molecule has 4 nitrogen and oxygen atoms in total. The first-order chi connectivity index (χ1) is 28.5. The normalized spacial score (nSPS) is 13.7. The summed E-state index contributed by atoms with van der Waals surface area (Å²) in [4.78, 5) is 15.6. The van der Waals surface area contributed by atoms with E-state index in [1.165, 1.54) is 65.6 Å². The fraction of sp³-hybridized carbons (Fsp3) is 0.0926. The third-order valence-corrected chi connectivity index (χ3v) is 12.3. The highest BCUT2D eigenvalue weighted by Crippen LogP contribution is 2.51. The van der Waals surface area contributed by atoms with Crippen molar-refractivity contribution >= 4 is 59.7 Å². The summed E-state index contributed by atoms with van der Waals surface area (Å²) in [6.45, 7) is 8.78. The molecule has 0 N–H and O–H groups in total. The van der Waals surface area contributed by atoms with Gasteiger partial charge in [0.05, 0.1) is 16.7 Å². The van der Waals surface area contributed by atoms with Crippen LogP contribution in [0.5, 0.6) is 0 Å². The van der Waals surface area contributed by atoms with Crippen LogP contribution in [0.15, 0.2) is 170 Å². The Hall–Kier alpha value is -7.17. The molecule has 10 aromatic rings. The van der Waals surface area contributed by atoms with Crippen LogP contribution in [-0.2, 0) is 5.41 Å². The number of fused-ring (bicyclic) bond motifs is 12. The number of hydrogen-bond donors (Lipinski definition) is 0. The Balaban J connectivity index is 1.29. The fourth-order valence-electron chi connectivity index (χ4n) is 9.64. The molecule has 11 rings (SSSR count). The van der Waals surface area contributed by atoms with Gasteiger partial charge in [0, 0.05) is 43.7 Å². The predicted octanol–water partition coefficient (Wildman–Crippen LogP) is 14.0. The monoisotopic (exact) mass is 744 g/mol. The van der Waals surface area contributed by atoms with Crippen LogP contribution >= 0.6 is 0 Å². The van der Waals surface area contributed by atoms with E-state index >= 15 is 0 Å². The number of allylic oxidation sites excluding steroid dienone is 4. The Kier molecular flexibility index (Phi) is 7.61. The van der Waals surface area contributed by atoms with Gasteiger partial charge in [0.1, 0.15) is 0 Å². The SMILES string of the molecule is C/C=C\C(=C/C)c1nc(-c2ccccc2)nc(-c2cccc3c4ccccc4c4cccc(-n5c6ccccc6c6cc7c(cc65)C(C)(C)c5ccccc5-7)c4c23)n1. The zero-order valence-corrected chi connectivity index (χ0v) is 33.0. The Morgan fingerprint density at radius 2 is 1.14 bits per heavy atom. The third-order valence-electron chi connectivity index (χ3n) is 12.3. The number of benzene rings is 8. The largest absolute Gasteiger partial charge is 0.309 e. The van der Waals surface area contributed by atoms with Crippen LogP contribution < -0.4 is 0 Å². The van der Waals surface area contributed by atoms with Crippen molar-refractivity contribution in [1.82, 2.24) is 19.5 Å². The summed E-state index contributed by atoms with van der Waals surface area (Å²) < 4.78 is 2.51. The Bertz CT molecular complexity index is 3380. The molecule has 276 valence electrons. The molecule has 0 aliphatic heterocycles. The van der Waals surface area contributed by atoms with Gasteiger partial charge in [0.15, 0.2) is 17.5 Å². The summed E-state index contributed by atoms with van der Waals surface area (Å²) in [5.74, 6) is 1.93. The Morgan fingerprint density at radius 1 is 0.500 bits per heavy atom. The van der Waals surface area contributed by atoms with E-state index < -0.39 is 0 Å².